The Labute approximate surface area is 126 Å². The molecule has 0 spiro atoms. The Bertz CT molecular complexity index is 460. The zero-order valence-electron chi connectivity index (χ0n) is 13.4. The van der Waals surface area contributed by atoms with E-state index in [0.717, 1.165) is 25.7 Å². The fourth-order valence-corrected chi connectivity index (χ4v) is 4.74. The van der Waals surface area contributed by atoms with E-state index in [9.17, 15) is 9.59 Å². The Morgan fingerprint density at radius 1 is 1.38 bits per heavy atom. The van der Waals surface area contributed by atoms with Crippen LogP contribution in [-0.4, -0.2) is 24.1 Å². The first kappa shape index (κ1) is 14.9. The molecular weight excluding hydrogens is 268 g/mol. The fraction of sp³-hybridized carbons (Fsp3) is 0.882. The van der Waals surface area contributed by atoms with Crippen LogP contribution in [0.25, 0.3) is 0 Å². The normalized spacial score (nSPS) is 42.8. The number of hydrogen-bond donors (Lipinski definition) is 0. The monoisotopic (exact) mass is 294 g/mol. The minimum atomic E-state index is -0.415. The average molecular weight is 294 g/mol. The van der Waals surface area contributed by atoms with Crippen LogP contribution in [0.15, 0.2) is 0 Å². The van der Waals surface area contributed by atoms with Gasteiger partial charge in [0.25, 0.3) is 0 Å². The standard InChI is InChI=1S/C17H26O4/c1-5-7-17(4,6-2)16(19)21-13-10-8-11-12(9(10)3)15(18)20-14(11)13/h9-14H,5-8H2,1-4H3. The van der Waals surface area contributed by atoms with Gasteiger partial charge < -0.3 is 9.47 Å². The van der Waals surface area contributed by atoms with Crippen LogP contribution >= 0.6 is 0 Å². The van der Waals surface area contributed by atoms with Gasteiger partial charge in [0.2, 0.25) is 0 Å². The van der Waals surface area contributed by atoms with E-state index in [-0.39, 0.29) is 41.9 Å². The van der Waals surface area contributed by atoms with Gasteiger partial charge in [-0.15, -0.1) is 0 Å². The SMILES string of the molecule is CCCC(C)(CC)C(=O)OC1C2CC3C1OC(=O)C3C2C. The number of hydrogen-bond acceptors (Lipinski definition) is 4. The van der Waals surface area contributed by atoms with E-state index in [4.69, 9.17) is 9.47 Å². The summed E-state index contributed by atoms with van der Waals surface area (Å²) in [6.07, 6.45) is 3.15. The first-order chi connectivity index (χ1) is 9.92. The van der Waals surface area contributed by atoms with Crippen molar-refractivity contribution in [3.63, 3.8) is 0 Å². The molecule has 21 heavy (non-hydrogen) atoms. The first-order valence-electron chi connectivity index (χ1n) is 8.34. The van der Waals surface area contributed by atoms with Crippen molar-refractivity contribution in [2.24, 2.45) is 29.1 Å². The maximum atomic E-state index is 12.6. The van der Waals surface area contributed by atoms with Crippen molar-refractivity contribution in [3.05, 3.63) is 0 Å². The topological polar surface area (TPSA) is 52.6 Å². The third-order valence-electron chi connectivity index (χ3n) is 6.26. The van der Waals surface area contributed by atoms with Gasteiger partial charge in [0.05, 0.1) is 11.3 Å². The number of esters is 2. The lowest BCUT2D eigenvalue weighted by atomic mass is 9.79. The summed E-state index contributed by atoms with van der Waals surface area (Å²) in [6.45, 7) is 8.21. The van der Waals surface area contributed by atoms with Gasteiger partial charge in [0, 0.05) is 11.8 Å². The van der Waals surface area contributed by atoms with Crippen LogP contribution in [-0.2, 0) is 19.1 Å². The molecule has 7 unspecified atom stereocenters. The Morgan fingerprint density at radius 3 is 2.71 bits per heavy atom. The molecule has 0 aromatic rings. The van der Waals surface area contributed by atoms with Gasteiger partial charge in [-0.25, -0.2) is 0 Å². The second kappa shape index (κ2) is 4.99. The summed E-state index contributed by atoms with van der Waals surface area (Å²) in [5, 5.41) is 0. The largest absolute Gasteiger partial charge is 0.458 e. The number of fused-ring (bicyclic) bond motifs is 1. The van der Waals surface area contributed by atoms with E-state index in [1.807, 2.05) is 13.8 Å². The summed E-state index contributed by atoms with van der Waals surface area (Å²) in [6, 6.07) is 0. The van der Waals surface area contributed by atoms with Gasteiger partial charge in [-0.05, 0) is 32.1 Å². The second-order valence-electron chi connectivity index (χ2n) is 7.38. The molecule has 0 amide bonds. The van der Waals surface area contributed by atoms with E-state index in [1.54, 1.807) is 0 Å². The summed E-state index contributed by atoms with van der Waals surface area (Å²) in [4.78, 5) is 24.5. The van der Waals surface area contributed by atoms with Crippen molar-refractivity contribution in [2.75, 3.05) is 0 Å². The quantitative estimate of drug-likeness (QED) is 0.732. The Morgan fingerprint density at radius 2 is 2.10 bits per heavy atom. The minimum absolute atomic E-state index is 0.0446. The number of carbonyl (C=O) groups excluding carboxylic acids is 2. The maximum Gasteiger partial charge on any atom is 0.312 e. The van der Waals surface area contributed by atoms with Crippen molar-refractivity contribution in [1.29, 1.82) is 0 Å². The minimum Gasteiger partial charge on any atom is -0.458 e. The lowest BCUT2D eigenvalue weighted by Crippen LogP contribution is -2.42. The molecule has 1 heterocycles. The molecule has 0 aromatic carbocycles. The molecule has 0 N–H and O–H groups in total. The Balaban J connectivity index is 1.75. The maximum absolute atomic E-state index is 12.6. The highest BCUT2D eigenvalue weighted by molar-refractivity contribution is 5.79. The molecule has 0 aromatic heterocycles. The molecular formula is C17H26O4. The van der Waals surface area contributed by atoms with E-state index >= 15 is 0 Å². The van der Waals surface area contributed by atoms with Gasteiger partial charge in [-0.3, -0.25) is 9.59 Å². The average Bonchev–Trinajstić information content (AvgIpc) is 3.03. The van der Waals surface area contributed by atoms with Crippen LogP contribution in [0.5, 0.6) is 0 Å². The Hall–Kier alpha value is -1.06. The predicted octanol–water partition coefficient (Wildman–Crippen LogP) is 2.94. The predicted molar refractivity (Wildman–Crippen MR) is 77.3 cm³/mol. The highest BCUT2D eigenvalue weighted by Crippen LogP contribution is 2.58. The fourth-order valence-electron chi connectivity index (χ4n) is 4.74. The van der Waals surface area contributed by atoms with Gasteiger partial charge in [0.15, 0.2) is 0 Å². The van der Waals surface area contributed by atoms with Crippen molar-refractivity contribution < 1.29 is 19.1 Å². The molecule has 3 aliphatic rings. The summed E-state index contributed by atoms with van der Waals surface area (Å²) in [5.41, 5.74) is -0.415. The van der Waals surface area contributed by atoms with Gasteiger partial charge in [-0.1, -0.05) is 27.2 Å². The van der Waals surface area contributed by atoms with Crippen molar-refractivity contribution in [2.45, 2.75) is 65.6 Å². The molecule has 7 atom stereocenters. The summed E-state index contributed by atoms with van der Waals surface area (Å²) in [7, 11) is 0. The molecule has 1 aliphatic heterocycles. The van der Waals surface area contributed by atoms with Gasteiger partial charge in [-0.2, -0.15) is 0 Å². The Kier molecular flexibility index (Phi) is 3.53. The van der Waals surface area contributed by atoms with Crippen molar-refractivity contribution in [3.8, 4) is 0 Å². The lowest BCUT2D eigenvalue weighted by Gasteiger charge is -2.33. The van der Waals surface area contributed by atoms with E-state index in [1.165, 1.54) is 0 Å². The van der Waals surface area contributed by atoms with Crippen LogP contribution in [0.2, 0.25) is 0 Å². The molecule has 2 aliphatic carbocycles. The number of carbonyl (C=O) groups is 2. The molecule has 3 rings (SSSR count). The molecule has 2 saturated carbocycles. The zero-order valence-corrected chi connectivity index (χ0v) is 13.4. The third kappa shape index (κ3) is 2.01. The first-order valence-corrected chi connectivity index (χ1v) is 8.34. The molecule has 0 radical (unpaired) electrons. The number of ether oxygens (including phenoxy) is 2. The summed E-state index contributed by atoms with van der Waals surface area (Å²) in [5.74, 6) is 0.695. The van der Waals surface area contributed by atoms with Crippen LogP contribution in [0.4, 0.5) is 0 Å². The molecule has 4 heteroatoms. The molecule has 2 bridgehead atoms. The van der Waals surface area contributed by atoms with Crippen LogP contribution in [0.3, 0.4) is 0 Å². The van der Waals surface area contributed by atoms with Crippen LogP contribution in [0.1, 0.15) is 53.4 Å². The highest BCUT2D eigenvalue weighted by atomic mass is 16.6. The van der Waals surface area contributed by atoms with Crippen molar-refractivity contribution in [1.82, 2.24) is 0 Å². The zero-order chi connectivity index (χ0) is 15.4. The molecule has 1 saturated heterocycles. The van der Waals surface area contributed by atoms with Crippen LogP contribution in [0, 0.1) is 29.1 Å². The smallest absolute Gasteiger partial charge is 0.312 e. The number of rotatable bonds is 5. The van der Waals surface area contributed by atoms with Crippen molar-refractivity contribution >= 4 is 11.9 Å². The van der Waals surface area contributed by atoms with E-state index < -0.39 is 5.41 Å². The van der Waals surface area contributed by atoms with E-state index in [0.29, 0.717) is 5.92 Å². The summed E-state index contributed by atoms with van der Waals surface area (Å²) >= 11 is 0. The van der Waals surface area contributed by atoms with Gasteiger partial charge >= 0.3 is 11.9 Å². The van der Waals surface area contributed by atoms with Gasteiger partial charge in [0.1, 0.15) is 12.2 Å². The lowest BCUT2D eigenvalue weighted by molar-refractivity contribution is -0.172. The molecule has 3 fully saturated rings. The molecule has 4 nitrogen and oxygen atoms in total. The van der Waals surface area contributed by atoms with Crippen LogP contribution < -0.4 is 0 Å². The van der Waals surface area contributed by atoms with E-state index in [2.05, 4.69) is 13.8 Å². The second-order valence-corrected chi connectivity index (χ2v) is 7.38. The summed E-state index contributed by atoms with van der Waals surface area (Å²) < 4.78 is 11.4. The third-order valence-corrected chi connectivity index (χ3v) is 6.26. The molecule has 118 valence electrons. The highest BCUT2D eigenvalue weighted by Gasteiger charge is 2.66.